The topological polar surface area (TPSA) is 57.2 Å². The van der Waals surface area contributed by atoms with Crippen LogP contribution >= 0.6 is 15.9 Å². The standard InChI is InChI=1S/C23H18BrN3O/c1-15(26-27-18-10-6-3-7-11-18)21-22(16-8-4-2-5-9-16)19-14-17(24)12-13-20(19)25-23(21)28/h2-14,27H,1H3,(H,25,28)/b26-15+. The minimum atomic E-state index is -0.162. The van der Waals surface area contributed by atoms with E-state index in [9.17, 15) is 4.79 Å². The van der Waals surface area contributed by atoms with Crippen molar-refractivity contribution in [3.8, 4) is 11.1 Å². The molecule has 138 valence electrons. The molecule has 1 aromatic heterocycles. The molecule has 1 heterocycles. The predicted octanol–water partition coefficient (Wildman–Crippen LogP) is 5.79. The monoisotopic (exact) mass is 431 g/mol. The van der Waals surface area contributed by atoms with Crippen molar-refractivity contribution in [2.45, 2.75) is 6.92 Å². The molecule has 0 fully saturated rings. The number of rotatable bonds is 4. The molecule has 0 aliphatic carbocycles. The maximum Gasteiger partial charge on any atom is 0.258 e. The molecular weight excluding hydrogens is 414 g/mol. The highest BCUT2D eigenvalue weighted by Gasteiger charge is 2.17. The second-order valence-corrected chi connectivity index (χ2v) is 7.35. The summed E-state index contributed by atoms with van der Waals surface area (Å²) in [5.74, 6) is 0. The number of nitrogens with zero attached hydrogens (tertiary/aromatic N) is 1. The van der Waals surface area contributed by atoms with Crippen molar-refractivity contribution in [2.75, 3.05) is 5.43 Å². The average Bonchev–Trinajstić information content (AvgIpc) is 2.73. The first-order valence-electron chi connectivity index (χ1n) is 8.90. The summed E-state index contributed by atoms with van der Waals surface area (Å²) in [6.45, 7) is 1.84. The number of fused-ring (bicyclic) bond motifs is 1. The van der Waals surface area contributed by atoms with E-state index in [0.29, 0.717) is 11.3 Å². The van der Waals surface area contributed by atoms with Gasteiger partial charge < -0.3 is 4.98 Å². The van der Waals surface area contributed by atoms with Gasteiger partial charge in [0.1, 0.15) is 0 Å². The average molecular weight is 432 g/mol. The van der Waals surface area contributed by atoms with Gasteiger partial charge in [-0.15, -0.1) is 0 Å². The van der Waals surface area contributed by atoms with Gasteiger partial charge in [0.05, 0.1) is 17.0 Å². The highest BCUT2D eigenvalue weighted by Crippen LogP contribution is 2.31. The van der Waals surface area contributed by atoms with Crippen molar-refractivity contribution in [3.63, 3.8) is 0 Å². The molecule has 0 unspecified atom stereocenters. The second kappa shape index (κ2) is 7.82. The number of aromatic amines is 1. The van der Waals surface area contributed by atoms with Gasteiger partial charge in [0, 0.05) is 20.9 Å². The van der Waals surface area contributed by atoms with Crippen molar-refractivity contribution in [3.05, 3.63) is 99.3 Å². The van der Waals surface area contributed by atoms with Gasteiger partial charge in [0.15, 0.2) is 0 Å². The van der Waals surface area contributed by atoms with Crippen LogP contribution in [0.1, 0.15) is 12.5 Å². The van der Waals surface area contributed by atoms with Crippen molar-refractivity contribution in [1.29, 1.82) is 0 Å². The summed E-state index contributed by atoms with van der Waals surface area (Å²) in [6.07, 6.45) is 0. The number of hydrogen-bond acceptors (Lipinski definition) is 3. The number of hydrazone groups is 1. The van der Waals surface area contributed by atoms with Crippen LogP contribution in [0.3, 0.4) is 0 Å². The molecule has 4 rings (SSSR count). The molecule has 0 radical (unpaired) electrons. The van der Waals surface area contributed by atoms with E-state index in [2.05, 4.69) is 31.4 Å². The summed E-state index contributed by atoms with van der Waals surface area (Å²) >= 11 is 3.55. The van der Waals surface area contributed by atoms with Gasteiger partial charge >= 0.3 is 0 Å². The first-order chi connectivity index (χ1) is 13.6. The number of pyridine rings is 1. The van der Waals surface area contributed by atoms with Crippen molar-refractivity contribution in [1.82, 2.24) is 4.98 Å². The lowest BCUT2D eigenvalue weighted by Crippen LogP contribution is -2.19. The first-order valence-corrected chi connectivity index (χ1v) is 9.69. The molecule has 4 aromatic rings. The van der Waals surface area contributed by atoms with E-state index in [1.54, 1.807) is 0 Å². The number of aromatic nitrogens is 1. The number of para-hydroxylation sites is 1. The molecule has 2 N–H and O–H groups in total. The van der Waals surface area contributed by atoms with Gasteiger partial charge in [0.25, 0.3) is 5.56 Å². The Labute approximate surface area is 171 Å². The van der Waals surface area contributed by atoms with Gasteiger partial charge in [-0.1, -0.05) is 64.5 Å². The van der Waals surface area contributed by atoms with E-state index in [1.807, 2.05) is 85.8 Å². The molecule has 0 amide bonds. The Balaban J connectivity index is 1.94. The van der Waals surface area contributed by atoms with Gasteiger partial charge in [-0.25, -0.2) is 0 Å². The molecule has 0 aliphatic rings. The van der Waals surface area contributed by atoms with E-state index in [1.165, 1.54) is 0 Å². The van der Waals surface area contributed by atoms with Crippen LogP contribution in [0, 0.1) is 0 Å². The Morgan fingerprint density at radius 1 is 0.964 bits per heavy atom. The van der Waals surface area contributed by atoms with Crippen LogP contribution in [0.25, 0.3) is 22.0 Å². The Morgan fingerprint density at radius 2 is 1.64 bits per heavy atom. The molecule has 0 saturated heterocycles. The zero-order valence-corrected chi connectivity index (χ0v) is 16.8. The quantitative estimate of drug-likeness (QED) is 0.317. The van der Waals surface area contributed by atoms with Crippen LogP contribution in [-0.4, -0.2) is 10.7 Å². The van der Waals surface area contributed by atoms with Crippen LogP contribution in [0.5, 0.6) is 0 Å². The minimum Gasteiger partial charge on any atom is -0.321 e. The number of anilines is 1. The Hall–Kier alpha value is -3.18. The molecule has 0 saturated carbocycles. The van der Waals surface area contributed by atoms with Crippen molar-refractivity contribution < 1.29 is 0 Å². The molecule has 5 heteroatoms. The number of nitrogens with one attached hydrogen (secondary N) is 2. The van der Waals surface area contributed by atoms with E-state index < -0.39 is 0 Å². The fourth-order valence-corrected chi connectivity index (χ4v) is 3.59. The molecular formula is C23H18BrN3O. The fraction of sp³-hybridized carbons (Fsp3) is 0.0435. The molecule has 4 nitrogen and oxygen atoms in total. The Morgan fingerprint density at radius 3 is 2.36 bits per heavy atom. The van der Waals surface area contributed by atoms with E-state index in [4.69, 9.17) is 0 Å². The fourth-order valence-electron chi connectivity index (χ4n) is 3.23. The van der Waals surface area contributed by atoms with Crippen LogP contribution < -0.4 is 11.0 Å². The van der Waals surface area contributed by atoms with Crippen LogP contribution in [0.2, 0.25) is 0 Å². The van der Waals surface area contributed by atoms with E-state index in [-0.39, 0.29) is 5.56 Å². The zero-order chi connectivity index (χ0) is 19.5. The normalized spacial score (nSPS) is 11.6. The maximum atomic E-state index is 13.0. The minimum absolute atomic E-state index is 0.162. The molecule has 28 heavy (non-hydrogen) atoms. The van der Waals surface area contributed by atoms with Crippen LogP contribution in [-0.2, 0) is 0 Å². The molecule has 3 aromatic carbocycles. The van der Waals surface area contributed by atoms with Crippen LogP contribution in [0.4, 0.5) is 5.69 Å². The third kappa shape index (κ3) is 3.62. The lowest BCUT2D eigenvalue weighted by molar-refractivity contribution is 1.26. The number of halogens is 1. The largest absolute Gasteiger partial charge is 0.321 e. The first kappa shape index (κ1) is 18.2. The maximum absolute atomic E-state index is 13.0. The molecule has 0 spiro atoms. The number of hydrogen-bond donors (Lipinski definition) is 2. The highest BCUT2D eigenvalue weighted by molar-refractivity contribution is 9.10. The summed E-state index contributed by atoms with van der Waals surface area (Å²) < 4.78 is 0.951. The summed E-state index contributed by atoms with van der Waals surface area (Å²) in [5, 5.41) is 5.44. The molecule has 0 bridgehead atoms. The summed E-state index contributed by atoms with van der Waals surface area (Å²) in [5.41, 5.74) is 7.54. The highest BCUT2D eigenvalue weighted by atomic mass is 79.9. The van der Waals surface area contributed by atoms with E-state index in [0.717, 1.165) is 32.2 Å². The summed E-state index contributed by atoms with van der Waals surface area (Å²) in [4.78, 5) is 16.0. The van der Waals surface area contributed by atoms with Gasteiger partial charge in [-0.05, 0) is 42.8 Å². The lowest BCUT2D eigenvalue weighted by Gasteiger charge is -2.13. The predicted molar refractivity (Wildman–Crippen MR) is 120 cm³/mol. The Kier molecular flexibility index (Phi) is 5.08. The second-order valence-electron chi connectivity index (χ2n) is 6.44. The third-order valence-electron chi connectivity index (χ3n) is 4.53. The van der Waals surface area contributed by atoms with Crippen LogP contribution in [0.15, 0.2) is 93.2 Å². The van der Waals surface area contributed by atoms with Gasteiger partial charge in [-0.2, -0.15) is 5.10 Å². The lowest BCUT2D eigenvalue weighted by atomic mass is 9.94. The Bertz CT molecular complexity index is 1220. The zero-order valence-electron chi connectivity index (χ0n) is 15.2. The number of H-pyrrole nitrogens is 1. The smallest absolute Gasteiger partial charge is 0.258 e. The van der Waals surface area contributed by atoms with E-state index >= 15 is 0 Å². The van der Waals surface area contributed by atoms with Crippen molar-refractivity contribution in [2.24, 2.45) is 5.10 Å². The molecule has 0 atom stereocenters. The molecule has 0 aliphatic heterocycles. The summed E-state index contributed by atoms with van der Waals surface area (Å²) in [7, 11) is 0. The summed E-state index contributed by atoms with van der Waals surface area (Å²) in [6, 6.07) is 25.4. The number of benzene rings is 3. The third-order valence-corrected chi connectivity index (χ3v) is 5.02. The van der Waals surface area contributed by atoms with Gasteiger partial charge in [-0.3, -0.25) is 10.2 Å². The van der Waals surface area contributed by atoms with Crippen molar-refractivity contribution >= 4 is 38.2 Å². The van der Waals surface area contributed by atoms with Gasteiger partial charge in [0.2, 0.25) is 0 Å². The SMILES string of the molecule is C/C(=N\Nc1ccccc1)c1c(-c2ccccc2)c2cc(Br)ccc2[nH]c1=O.